The van der Waals surface area contributed by atoms with Crippen LogP contribution in [0.3, 0.4) is 0 Å². The van der Waals surface area contributed by atoms with Crippen molar-refractivity contribution in [3.8, 4) is 0 Å². The van der Waals surface area contributed by atoms with E-state index in [0.717, 1.165) is 23.3 Å². The third-order valence-electron chi connectivity index (χ3n) is 3.53. The van der Waals surface area contributed by atoms with E-state index in [4.69, 9.17) is 0 Å². The van der Waals surface area contributed by atoms with Crippen molar-refractivity contribution in [1.29, 1.82) is 0 Å². The van der Waals surface area contributed by atoms with Crippen LogP contribution in [0.25, 0.3) is 0 Å². The molecule has 0 aliphatic heterocycles. The molecule has 0 amide bonds. The molecule has 1 aliphatic rings. The lowest BCUT2D eigenvalue weighted by Crippen LogP contribution is -2.11. The molecule has 0 aromatic rings. The van der Waals surface area contributed by atoms with Crippen LogP contribution in [0.15, 0.2) is 64.9 Å². The summed E-state index contributed by atoms with van der Waals surface area (Å²) >= 11 is 0. The van der Waals surface area contributed by atoms with E-state index in [1.54, 1.807) is 6.20 Å². The van der Waals surface area contributed by atoms with Crippen molar-refractivity contribution in [2.45, 2.75) is 40.5 Å². The smallest absolute Gasteiger partial charge is 0.0775 e. The van der Waals surface area contributed by atoms with Crippen LogP contribution in [0.4, 0.5) is 0 Å². The molecular weight excluding hydrogens is 230 g/mol. The van der Waals surface area contributed by atoms with Gasteiger partial charge in [-0.1, -0.05) is 57.2 Å². The second-order valence-corrected chi connectivity index (χ2v) is 5.29. The molecule has 0 saturated heterocycles. The molecule has 1 unspecified atom stereocenters. The Morgan fingerprint density at radius 1 is 1.42 bits per heavy atom. The van der Waals surface area contributed by atoms with Crippen LogP contribution >= 0.6 is 0 Å². The summed E-state index contributed by atoms with van der Waals surface area (Å²) < 4.78 is 0. The molecule has 1 atom stereocenters. The Kier molecular flexibility index (Phi) is 5.75. The molecule has 102 valence electrons. The van der Waals surface area contributed by atoms with Gasteiger partial charge in [-0.05, 0) is 37.3 Å². The number of hydrogen-bond acceptors (Lipinski definition) is 1. The Balaban J connectivity index is 3.20. The van der Waals surface area contributed by atoms with E-state index < -0.39 is 0 Å². The van der Waals surface area contributed by atoms with Gasteiger partial charge in [0.15, 0.2) is 0 Å². The van der Waals surface area contributed by atoms with Crippen LogP contribution in [-0.2, 0) is 0 Å². The molecule has 0 spiro atoms. The highest BCUT2D eigenvalue weighted by atomic mass is 14.7. The zero-order chi connectivity index (χ0) is 14.4. The highest BCUT2D eigenvalue weighted by Gasteiger charge is 2.16. The molecule has 0 aromatic heterocycles. The zero-order valence-corrected chi connectivity index (χ0v) is 12.7. The van der Waals surface area contributed by atoms with E-state index >= 15 is 0 Å². The van der Waals surface area contributed by atoms with Gasteiger partial charge in [0.2, 0.25) is 0 Å². The van der Waals surface area contributed by atoms with Crippen LogP contribution in [0.2, 0.25) is 0 Å². The van der Waals surface area contributed by atoms with E-state index in [-0.39, 0.29) is 0 Å². The lowest BCUT2D eigenvalue weighted by molar-refractivity contribution is 0.556. The van der Waals surface area contributed by atoms with Crippen LogP contribution in [0.1, 0.15) is 40.5 Å². The molecule has 1 aliphatic carbocycles. The number of allylic oxidation sites excluding steroid dienone is 7. The Bertz CT molecular complexity index is 484. The first kappa shape index (κ1) is 15.4. The number of aliphatic imine (C=N–C) groups is 1. The molecule has 0 heterocycles. The molecule has 19 heavy (non-hydrogen) atoms. The summed E-state index contributed by atoms with van der Waals surface area (Å²) in [6.07, 6.45) is 10.2. The van der Waals surface area contributed by atoms with Crippen LogP contribution in [-0.4, -0.2) is 5.71 Å². The van der Waals surface area contributed by atoms with E-state index in [1.807, 2.05) is 6.92 Å². The molecule has 1 rings (SSSR count). The molecule has 0 bridgehead atoms. The van der Waals surface area contributed by atoms with Crippen LogP contribution in [0.5, 0.6) is 0 Å². The van der Waals surface area contributed by atoms with Gasteiger partial charge in [0, 0.05) is 11.8 Å². The first-order chi connectivity index (χ1) is 9.01. The Hall–Kier alpha value is -1.63. The van der Waals surface area contributed by atoms with E-state index in [2.05, 4.69) is 57.1 Å². The van der Waals surface area contributed by atoms with Gasteiger partial charge in [-0.2, -0.15) is 0 Å². The van der Waals surface area contributed by atoms with Gasteiger partial charge in [-0.3, -0.25) is 4.99 Å². The molecular formula is C18H25N. The second-order valence-electron chi connectivity index (χ2n) is 5.29. The van der Waals surface area contributed by atoms with E-state index in [0.29, 0.717) is 5.92 Å². The molecule has 1 nitrogen and oxygen atoms in total. The van der Waals surface area contributed by atoms with Gasteiger partial charge in [-0.25, -0.2) is 0 Å². The van der Waals surface area contributed by atoms with Crippen LogP contribution < -0.4 is 0 Å². The largest absolute Gasteiger partial charge is 0.256 e. The number of nitrogens with zero attached hydrogens (tertiary/aromatic N) is 1. The summed E-state index contributed by atoms with van der Waals surface area (Å²) in [6, 6.07) is 0. The number of rotatable bonds is 5. The minimum absolute atomic E-state index is 0.699. The highest BCUT2D eigenvalue weighted by Crippen LogP contribution is 2.26. The molecule has 0 fully saturated rings. The van der Waals surface area contributed by atoms with E-state index in [1.165, 1.54) is 17.6 Å². The lowest BCUT2D eigenvalue weighted by Gasteiger charge is -2.19. The Morgan fingerprint density at radius 3 is 2.63 bits per heavy atom. The second kappa shape index (κ2) is 7.08. The monoisotopic (exact) mass is 255 g/mol. The summed E-state index contributed by atoms with van der Waals surface area (Å²) in [5, 5.41) is 0. The quantitative estimate of drug-likeness (QED) is 0.624. The topological polar surface area (TPSA) is 12.4 Å². The SMILES string of the molecule is C=CN=C1C(C(=C)C)=CC=C/C1=C(/C)CC(C)CC. The van der Waals surface area contributed by atoms with Crippen molar-refractivity contribution < 1.29 is 0 Å². The maximum Gasteiger partial charge on any atom is 0.0775 e. The summed E-state index contributed by atoms with van der Waals surface area (Å²) in [4.78, 5) is 4.46. The summed E-state index contributed by atoms with van der Waals surface area (Å²) in [5.74, 6) is 0.699. The fraction of sp³-hybridized carbons (Fsp3) is 0.389. The average molecular weight is 255 g/mol. The maximum absolute atomic E-state index is 4.46. The molecule has 0 saturated carbocycles. The minimum atomic E-state index is 0.699. The fourth-order valence-corrected chi connectivity index (χ4v) is 2.24. The summed E-state index contributed by atoms with van der Waals surface area (Å²) in [6.45, 7) is 16.5. The predicted octanol–water partition coefficient (Wildman–Crippen LogP) is 5.40. The third kappa shape index (κ3) is 3.92. The normalized spacial score (nSPS) is 21.1. The van der Waals surface area contributed by atoms with Gasteiger partial charge in [0.1, 0.15) is 0 Å². The number of hydrogen-bond donors (Lipinski definition) is 0. The summed E-state index contributed by atoms with van der Waals surface area (Å²) in [7, 11) is 0. The van der Waals surface area contributed by atoms with E-state index in [9.17, 15) is 0 Å². The van der Waals surface area contributed by atoms with Gasteiger partial charge in [0.05, 0.1) is 5.71 Å². The average Bonchev–Trinajstić information content (AvgIpc) is 2.38. The first-order valence-corrected chi connectivity index (χ1v) is 6.94. The van der Waals surface area contributed by atoms with Crippen molar-refractivity contribution in [3.63, 3.8) is 0 Å². The fourth-order valence-electron chi connectivity index (χ4n) is 2.24. The maximum atomic E-state index is 4.46. The Labute approximate surface area is 117 Å². The van der Waals surface area contributed by atoms with Crippen molar-refractivity contribution in [2.75, 3.05) is 0 Å². The predicted molar refractivity (Wildman–Crippen MR) is 86.4 cm³/mol. The third-order valence-corrected chi connectivity index (χ3v) is 3.53. The van der Waals surface area contributed by atoms with Gasteiger partial charge in [-0.15, -0.1) is 0 Å². The van der Waals surface area contributed by atoms with Crippen molar-refractivity contribution in [2.24, 2.45) is 10.9 Å². The standard InChI is InChI=1S/C18H25N/c1-7-14(5)12-15(6)17-11-9-10-16(13(3)4)18(17)19-8-2/h8-11,14H,2-3,7,12H2,1,4-6H3/b17-15+,19-18?. The lowest BCUT2D eigenvalue weighted by atomic mass is 9.87. The molecule has 0 aromatic carbocycles. The molecule has 0 radical (unpaired) electrons. The Morgan fingerprint density at radius 2 is 2.11 bits per heavy atom. The van der Waals surface area contributed by atoms with Crippen molar-refractivity contribution in [1.82, 2.24) is 0 Å². The minimum Gasteiger partial charge on any atom is -0.256 e. The van der Waals surface area contributed by atoms with Crippen LogP contribution in [0, 0.1) is 5.92 Å². The zero-order valence-electron chi connectivity index (χ0n) is 12.7. The van der Waals surface area contributed by atoms with Gasteiger partial charge < -0.3 is 0 Å². The first-order valence-electron chi connectivity index (χ1n) is 6.94. The molecule has 0 N–H and O–H groups in total. The molecule has 1 heteroatoms. The van der Waals surface area contributed by atoms with Crippen molar-refractivity contribution >= 4 is 5.71 Å². The van der Waals surface area contributed by atoms with Gasteiger partial charge in [0.25, 0.3) is 0 Å². The highest BCUT2D eigenvalue weighted by molar-refractivity contribution is 6.18. The summed E-state index contributed by atoms with van der Waals surface area (Å²) in [5.41, 5.74) is 5.77. The van der Waals surface area contributed by atoms with Crippen molar-refractivity contribution in [3.05, 3.63) is 59.9 Å². The van der Waals surface area contributed by atoms with Gasteiger partial charge >= 0.3 is 0 Å².